The molecule has 1 rings (SSSR count). The van der Waals surface area contributed by atoms with Crippen molar-refractivity contribution in [3.05, 3.63) is 0 Å². The highest BCUT2D eigenvalue weighted by atomic mass is 16.6. The summed E-state index contributed by atoms with van der Waals surface area (Å²) in [4.78, 5) is 0. The third-order valence-electron chi connectivity index (χ3n) is 1.37. The summed E-state index contributed by atoms with van der Waals surface area (Å²) in [5.41, 5.74) is 0. The number of ether oxygens (including phenoxy) is 1. The average molecular weight is 116 g/mol. The Morgan fingerprint density at radius 1 is 1.88 bits per heavy atom. The van der Waals surface area contributed by atoms with Gasteiger partial charge in [-0.05, 0) is 6.42 Å². The molecule has 2 nitrogen and oxygen atoms in total. The summed E-state index contributed by atoms with van der Waals surface area (Å²) in [5, 5.41) is 9.06. The maximum atomic E-state index is 9.06. The molecule has 0 aromatic carbocycles. The second-order valence-corrected chi connectivity index (χ2v) is 2.23. The van der Waals surface area contributed by atoms with Crippen LogP contribution in [0.5, 0.6) is 0 Å². The Balaban J connectivity index is 2.03. The van der Waals surface area contributed by atoms with Crippen LogP contribution in [0.4, 0.5) is 0 Å². The van der Waals surface area contributed by atoms with Crippen molar-refractivity contribution in [2.45, 2.75) is 32.0 Å². The first-order chi connectivity index (χ1) is 3.84. The van der Waals surface area contributed by atoms with E-state index < -0.39 is 0 Å². The molecule has 0 spiro atoms. The van der Waals surface area contributed by atoms with Gasteiger partial charge in [0.15, 0.2) is 0 Å². The molecule has 48 valence electrons. The van der Waals surface area contributed by atoms with Crippen LogP contribution >= 0.6 is 0 Å². The lowest BCUT2D eigenvalue weighted by molar-refractivity contribution is 0.126. The van der Waals surface area contributed by atoms with Gasteiger partial charge in [-0.25, -0.2) is 0 Å². The van der Waals surface area contributed by atoms with Gasteiger partial charge in [-0.1, -0.05) is 13.3 Å². The molecule has 0 aromatic rings. The van der Waals surface area contributed by atoms with Crippen molar-refractivity contribution in [3.63, 3.8) is 0 Å². The van der Waals surface area contributed by atoms with Crippen molar-refractivity contribution in [1.82, 2.24) is 0 Å². The Labute approximate surface area is 49.5 Å². The summed E-state index contributed by atoms with van der Waals surface area (Å²) in [6, 6.07) is 0. The molecule has 0 aliphatic carbocycles. The van der Waals surface area contributed by atoms with Gasteiger partial charge in [-0.2, -0.15) is 0 Å². The number of hydrogen-bond acceptors (Lipinski definition) is 2. The molecule has 0 aromatic heterocycles. The Morgan fingerprint density at radius 2 is 2.50 bits per heavy atom. The molecule has 1 saturated heterocycles. The van der Waals surface area contributed by atoms with E-state index in [-0.39, 0.29) is 12.2 Å². The van der Waals surface area contributed by atoms with Gasteiger partial charge in [0, 0.05) is 0 Å². The van der Waals surface area contributed by atoms with Gasteiger partial charge in [-0.15, -0.1) is 0 Å². The molecule has 0 bridgehead atoms. The molecule has 1 unspecified atom stereocenters. The quantitative estimate of drug-likeness (QED) is 0.546. The first-order valence-electron chi connectivity index (χ1n) is 3.14. The van der Waals surface area contributed by atoms with Gasteiger partial charge in [0.2, 0.25) is 0 Å². The summed E-state index contributed by atoms with van der Waals surface area (Å²) >= 11 is 0. The lowest BCUT2D eigenvalue weighted by Gasteiger charge is -2.01. The fraction of sp³-hybridized carbons (Fsp3) is 1.00. The molecule has 1 heterocycles. The Morgan fingerprint density at radius 3 is 2.88 bits per heavy atom. The second kappa shape index (κ2) is 2.46. The van der Waals surface area contributed by atoms with E-state index in [4.69, 9.17) is 9.84 Å². The maximum absolute atomic E-state index is 9.06. The molecule has 1 aliphatic rings. The minimum absolute atomic E-state index is 0.176. The Kier molecular flexibility index (Phi) is 1.86. The van der Waals surface area contributed by atoms with E-state index in [9.17, 15) is 0 Å². The van der Waals surface area contributed by atoms with Crippen molar-refractivity contribution in [2.75, 3.05) is 6.61 Å². The van der Waals surface area contributed by atoms with Gasteiger partial charge in [0.25, 0.3) is 0 Å². The molecule has 0 radical (unpaired) electrons. The van der Waals surface area contributed by atoms with Crippen LogP contribution in [0.3, 0.4) is 0 Å². The van der Waals surface area contributed by atoms with Crippen LogP contribution in [0, 0.1) is 0 Å². The Hall–Kier alpha value is -0.0800. The van der Waals surface area contributed by atoms with Crippen molar-refractivity contribution in [3.8, 4) is 0 Å². The standard InChI is InChI=1S/C6H12O2/c1-2-3-5(7)6-4-8-6/h5-7H,2-4H2,1H3/t5-,6?/m0/s1. The Bertz CT molecular complexity index is 68.9. The van der Waals surface area contributed by atoms with Crippen molar-refractivity contribution in [1.29, 1.82) is 0 Å². The van der Waals surface area contributed by atoms with Crippen LogP contribution in [0.15, 0.2) is 0 Å². The smallest absolute Gasteiger partial charge is 0.107 e. The van der Waals surface area contributed by atoms with Crippen LogP contribution in [-0.4, -0.2) is 23.9 Å². The average Bonchev–Trinajstić information content (AvgIpc) is 2.45. The lowest BCUT2D eigenvalue weighted by Crippen LogP contribution is -2.13. The maximum Gasteiger partial charge on any atom is 0.107 e. The van der Waals surface area contributed by atoms with Gasteiger partial charge in [-0.3, -0.25) is 0 Å². The zero-order valence-corrected chi connectivity index (χ0v) is 5.13. The molecule has 8 heavy (non-hydrogen) atoms. The van der Waals surface area contributed by atoms with Crippen molar-refractivity contribution >= 4 is 0 Å². The number of aliphatic hydroxyl groups excluding tert-OH is 1. The predicted molar refractivity (Wildman–Crippen MR) is 30.7 cm³/mol. The highest BCUT2D eigenvalue weighted by Gasteiger charge is 2.29. The molecule has 2 atom stereocenters. The first kappa shape index (κ1) is 6.05. The van der Waals surface area contributed by atoms with Crippen LogP contribution in [0.2, 0.25) is 0 Å². The van der Waals surface area contributed by atoms with E-state index in [0.29, 0.717) is 0 Å². The van der Waals surface area contributed by atoms with Crippen LogP contribution < -0.4 is 0 Å². The molecule has 1 aliphatic heterocycles. The molecule has 1 N–H and O–H groups in total. The summed E-state index contributed by atoms with van der Waals surface area (Å²) < 4.78 is 4.87. The third-order valence-corrected chi connectivity index (χ3v) is 1.37. The number of rotatable bonds is 3. The highest BCUT2D eigenvalue weighted by molar-refractivity contribution is 4.77. The summed E-state index contributed by atoms with van der Waals surface area (Å²) in [7, 11) is 0. The molecule has 2 heteroatoms. The van der Waals surface area contributed by atoms with E-state index in [1.165, 1.54) is 0 Å². The molecule has 1 fully saturated rings. The van der Waals surface area contributed by atoms with Gasteiger partial charge in [0.05, 0.1) is 12.7 Å². The third kappa shape index (κ3) is 1.46. The van der Waals surface area contributed by atoms with Crippen molar-refractivity contribution < 1.29 is 9.84 Å². The minimum atomic E-state index is -0.194. The van der Waals surface area contributed by atoms with Crippen molar-refractivity contribution in [2.24, 2.45) is 0 Å². The van der Waals surface area contributed by atoms with Crippen LogP contribution in [-0.2, 0) is 4.74 Å². The monoisotopic (exact) mass is 116 g/mol. The largest absolute Gasteiger partial charge is 0.390 e. The van der Waals surface area contributed by atoms with Crippen LogP contribution in [0.1, 0.15) is 19.8 Å². The SMILES string of the molecule is CCC[C@H](O)C1CO1. The molecule has 0 amide bonds. The number of epoxide rings is 1. The summed E-state index contributed by atoms with van der Waals surface area (Å²) in [6.07, 6.45) is 1.90. The molecular weight excluding hydrogens is 104 g/mol. The van der Waals surface area contributed by atoms with Crippen LogP contribution in [0.25, 0.3) is 0 Å². The normalized spacial score (nSPS) is 30.0. The lowest BCUT2D eigenvalue weighted by atomic mass is 10.2. The van der Waals surface area contributed by atoms with Gasteiger partial charge < -0.3 is 9.84 Å². The van der Waals surface area contributed by atoms with E-state index in [1.807, 2.05) is 0 Å². The predicted octanol–water partition coefficient (Wildman–Crippen LogP) is 0.546. The fourth-order valence-corrected chi connectivity index (χ4v) is 0.759. The van der Waals surface area contributed by atoms with Gasteiger partial charge >= 0.3 is 0 Å². The molecule has 0 saturated carbocycles. The zero-order valence-electron chi connectivity index (χ0n) is 5.13. The zero-order chi connectivity index (χ0) is 5.98. The fourth-order valence-electron chi connectivity index (χ4n) is 0.759. The summed E-state index contributed by atoms with van der Waals surface area (Å²) in [6.45, 7) is 2.83. The first-order valence-corrected chi connectivity index (χ1v) is 3.14. The number of hydrogen-bond donors (Lipinski definition) is 1. The van der Waals surface area contributed by atoms with E-state index in [1.54, 1.807) is 0 Å². The van der Waals surface area contributed by atoms with Gasteiger partial charge in [0.1, 0.15) is 6.10 Å². The minimum Gasteiger partial charge on any atom is -0.390 e. The molecular formula is C6H12O2. The van der Waals surface area contributed by atoms with E-state index >= 15 is 0 Å². The second-order valence-electron chi connectivity index (χ2n) is 2.23. The summed E-state index contributed by atoms with van der Waals surface area (Å²) in [5.74, 6) is 0. The number of aliphatic hydroxyl groups is 1. The highest BCUT2D eigenvalue weighted by Crippen LogP contribution is 2.16. The van der Waals surface area contributed by atoms with E-state index in [0.717, 1.165) is 19.4 Å². The topological polar surface area (TPSA) is 32.8 Å². The van der Waals surface area contributed by atoms with E-state index in [2.05, 4.69) is 6.92 Å².